The summed E-state index contributed by atoms with van der Waals surface area (Å²) in [6.45, 7) is 0.991. The Morgan fingerprint density at radius 3 is 2.38 bits per heavy atom. The molecule has 32 heavy (non-hydrogen) atoms. The first-order valence-electron chi connectivity index (χ1n) is 11.8. The van der Waals surface area contributed by atoms with Gasteiger partial charge in [0, 0.05) is 38.2 Å². The SMILES string of the molecule is CNNC(=O)CCOCCNC(=O)CCN1C(=O)CC(SC2CCCCCCCC2)C1=O. The number of rotatable bonds is 12. The maximum Gasteiger partial charge on any atom is 0.242 e. The second-order valence-corrected chi connectivity index (χ2v) is 9.80. The van der Waals surface area contributed by atoms with Gasteiger partial charge in [-0.25, -0.2) is 5.43 Å². The Balaban J connectivity index is 1.63. The van der Waals surface area contributed by atoms with Gasteiger partial charge in [-0.1, -0.05) is 38.5 Å². The largest absolute Gasteiger partial charge is 0.379 e. The van der Waals surface area contributed by atoms with Gasteiger partial charge in [-0.15, -0.1) is 11.8 Å². The molecule has 0 radical (unpaired) electrons. The highest BCUT2D eigenvalue weighted by molar-refractivity contribution is 8.01. The van der Waals surface area contributed by atoms with Gasteiger partial charge in [0.15, 0.2) is 0 Å². The minimum atomic E-state index is -0.301. The molecule has 2 aliphatic rings. The lowest BCUT2D eigenvalue weighted by Gasteiger charge is -2.19. The van der Waals surface area contributed by atoms with E-state index in [1.807, 2.05) is 0 Å². The van der Waals surface area contributed by atoms with E-state index in [-0.39, 0.29) is 61.3 Å². The van der Waals surface area contributed by atoms with Crippen LogP contribution in [0.3, 0.4) is 0 Å². The highest BCUT2D eigenvalue weighted by Crippen LogP contribution is 2.34. The van der Waals surface area contributed by atoms with Crippen LogP contribution in [0.2, 0.25) is 0 Å². The van der Waals surface area contributed by atoms with Gasteiger partial charge in [0.05, 0.1) is 24.9 Å². The molecule has 1 aliphatic heterocycles. The van der Waals surface area contributed by atoms with Crippen LogP contribution < -0.4 is 16.2 Å². The number of amides is 4. The predicted octanol–water partition coefficient (Wildman–Crippen LogP) is 1.51. The molecule has 1 atom stereocenters. The van der Waals surface area contributed by atoms with Crippen LogP contribution in [0.5, 0.6) is 0 Å². The number of thioether (sulfide) groups is 1. The van der Waals surface area contributed by atoms with Crippen molar-refractivity contribution in [1.82, 2.24) is 21.1 Å². The molecule has 1 saturated carbocycles. The average Bonchev–Trinajstić information content (AvgIpc) is 3.10. The first-order valence-corrected chi connectivity index (χ1v) is 12.7. The summed E-state index contributed by atoms with van der Waals surface area (Å²) in [6.07, 6.45) is 10.3. The summed E-state index contributed by atoms with van der Waals surface area (Å²) >= 11 is 1.67. The number of nitrogens with one attached hydrogen (secondary N) is 3. The monoisotopic (exact) mass is 470 g/mol. The van der Waals surface area contributed by atoms with Crippen molar-refractivity contribution in [1.29, 1.82) is 0 Å². The zero-order valence-electron chi connectivity index (χ0n) is 19.2. The number of hydrogen-bond acceptors (Lipinski definition) is 7. The van der Waals surface area contributed by atoms with E-state index >= 15 is 0 Å². The molecule has 1 unspecified atom stereocenters. The molecule has 10 heteroatoms. The summed E-state index contributed by atoms with van der Waals surface area (Å²) in [5.74, 6) is -0.713. The van der Waals surface area contributed by atoms with Crippen LogP contribution in [0.25, 0.3) is 0 Å². The van der Waals surface area contributed by atoms with Crippen molar-refractivity contribution in [3.63, 3.8) is 0 Å². The van der Waals surface area contributed by atoms with Crippen molar-refractivity contribution in [2.75, 3.05) is 33.4 Å². The molecule has 182 valence electrons. The van der Waals surface area contributed by atoms with Gasteiger partial charge in [-0.05, 0) is 12.8 Å². The molecule has 0 bridgehead atoms. The summed E-state index contributed by atoms with van der Waals surface area (Å²) in [7, 11) is 1.61. The lowest BCUT2D eigenvalue weighted by Crippen LogP contribution is -2.36. The molecule has 1 saturated heterocycles. The van der Waals surface area contributed by atoms with E-state index in [1.165, 1.54) is 43.4 Å². The fraction of sp³-hybridized carbons (Fsp3) is 0.818. The molecule has 1 heterocycles. The summed E-state index contributed by atoms with van der Waals surface area (Å²) in [4.78, 5) is 49.7. The van der Waals surface area contributed by atoms with Gasteiger partial charge in [-0.2, -0.15) is 0 Å². The Hall–Kier alpha value is -1.65. The van der Waals surface area contributed by atoms with E-state index < -0.39 is 0 Å². The van der Waals surface area contributed by atoms with Crippen LogP contribution in [0, 0.1) is 0 Å². The minimum absolute atomic E-state index is 0.0862. The van der Waals surface area contributed by atoms with Crippen molar-refractivity contribution in [3.05, 3.63) is 0 Å². The van der Waals surface area contributed by atoms with E-state index in [1.54, 1.807) is 18.8 Å². The van der Waals surface area contributed by atoms with Crippen LogP contribution in [0.4, 0.5) is 0 Å². The summed E-state index contributed by atoms with van der Waals surface area (Å²) in [6, 6.07) is 0. The number of nitrogens with zero attached hydrogens (tertiary/aromatic N) is 1. The standard InChI is InChI=1S/C22H38N4O5S/c1-23-25-20(28)11-14-31-15-12-24-19(27)10-13-26-21(29)16-18(22(26)30)32-17-8-6-4-2-3-5-7-9-17/h17-18,23H,2-16H2,1H3,(H,24,27)(H,25,28). The van der Waals surface area contributed by atoms with Crippen LogP contribution >= 0.6 is 11.8 Å². The normalized spacial score (nSPS) is 20.5. The molecule has 9 nitrogen and oxygen atoms in total. The fourth-order valence-electron chi connectivity index (χ4n) is 3.99. The van der Waals surface area contributed by atoms with Crippen molar-refractivity contribution < 1.29 is 23.9 Å². The molecule has 0 aromatic carbocycles. The lowest BCUT2D eigenvalue weighted by atomic mass is 10.1. The maximum atomic E-state index is 12.8. The van der Waals surface area contributed by atoms with E-state index in [0.29, 0.717) is 18.4 Å². The third-order valence-electron chi connectivity index (χ3n) is 5.73. The highest BCUT2D eigenvalue weighted by Gasteiger charge is 2.39. The van der Waals surface area contributed by atoms with E-state index in [0.717, 1.165) is 12.8 Å². The lowest BCUT2D eigenvalue weighted by molar-refractivity contribution is -0.138. The zero-order chi connectivity index (χ0) is 23.2. The predicted molar refractivity (Wildman–Crippen MR) is 124 cm³/mol. The molecule has 2 rings (SSSR count). The molecule has 0 aromatic heterocycles. The van der Waals surface area contributed by atoms with Crippen molar-refractivity contribution in [2.45, 2.75) is 81.1 Å². The number of ether oxygens (including phenoxy) is 1. The quantitative estimate of drug-likeness (QED) is 0.225. The molecule has 1 aliphatic carbocycles. The number of imide groups is 1. The van der Waals surface area contributed by atoms with Crippen LogP contribution in [0.1, 0.15) is 70.6 Å². The zero-order valence-corrected chi connectivity index (χ0v) is 20.0. The summed E-state index contributed by atoms with van der Waals surface area (Å²) in [5, 5.41) is 2.86. The number of carbonyl (C=O) groups is 4. The van der Waals surface area contributed by atoms with Crippen molar-refractivity contribution in [3.8, 4) is 0 Å². The molecular weight excluding hydrogens is 432 g/mol. The molecule has 0 spiro atoms. The Kier molecular flexibility index (Phi) is 12.7. The first-order chi connectivity index (χ1) is 15.5. The summed E-state index contributed by atoms with van der Waals surface area (Å²) in [5.41, 5.74) is 4.98. The summed E-state index contributed by atoms with van der Waals surface area (Å²) < 4.78 is 5.30. The Morgan fingerprint density at radius 2 is 1.69 bits per heavy atom. The van der Waals surface area contributed by atoms with Gasteiger partial charge in [-0.3, -0.25) is 29.5 Å². The second kappa shape index (κ2) is 15.2. The van der Waals surface area contributed by atoms with Crippen LogP contribution in [0.15, 0.2) is 0 Å². The topological polar surface area (TPSA) is 117 Å². The third-order valence-corrected chi connectivity index (χ3v) is 7.28. The van der Waals surface area contributed by atoms with E-state index in [9.17, 15) is 19.2 Å². The van der Waals surface area contributed by atoms with Gasteiger partial charge in [0.25, 0.3) is 0 Å². The number of carbonyl (C=O) groups excluding carboxylic acids is 4. The second-order valence-electron chi connectivity index (χ2n) is 8.29. The number of hydrogen-bond donors (Lipinski definition) is 3. The Bertz CT molecular complexity index is 623. The number of likely N-dealkylation sites (tertiary alicyclic amines) is 1. The van der Waals surface area contributed by atoms with Gasteiger partial charge in [0.1, 0.15) is 0 Å². The molecule has 4 amide bonds. The smallest absolute Gasteiger partial charge is 0.242 e. The van der Waals surface area contributed by atoms with Crippen LogP contribution in [-0.4, -0.2) is 72.4 Å². The molecule has 3 N–H and O–H groups in total. The number of hydrazine groups is 1. The van der Waals surface area contributed by atoms with Gasteiger partial charge < -0.3 is 10.1 Å². The molecule has 2 fully saturated rings. The highest BCUT2D eigenvalue weighted by atomic mass is 32.2. The average molecular weight is 471 g/mol. The van der Waals surface area contributed by atoms with E-state index in [4.69, 9.17) is 4.74 Å². The maximum absolute atomic E-state index is 12.8. The molecular formula is C22H38N4O5S. The fourth-order valence-corrected chi connectivity index (χ4v) is 5.54. The van der Waals surface area contributed by atoms with Crippen molar-refractivity contribution >= 4 is 35.4 Å². The Morgan fingerprint density at radius 1 is 1.00 bits per heavy atom. The Labute approximate surface area is 195 Å². The molecule has 0 aromatic rings. The minimum Gasteiger partial charge on any atom is -0.379 e. The first kappa shape index (κ1) is 26.6. The third kappa shape index (κ3) is 9.87. The van der Waals surface area contributed by atoms with E-state index in [2.05, 4.69) is 16.2 Å². The van der Waals surface area contributed by atoms with Crippen molar-refractivity contribution in [2.24, 2.45) is 0 Å². The van der Waals surface area contributed by atoms with Gasteiger partial charge >= 0.3 is 0 Å². The van der Waals surface area contributed by atoms with Crippen LogP contribution in [-0.2, 0) is 23.9 Å². The van der Waals surface area contributed by atoms with Gasteiger partial charge in [0.2, 0.25) is 23.6 Å².